The number of carbonyl (C=O) groups is 2. The molecule has 7 nitrogen and oxygen atoms in total. The van der Waals surface area contributed by atoms with Gasteiger partial charge in [-0.15, -0.1) is 0 Å². The van der Waals surface area contributed by atoms with Crippen LogP contribution >= 0.6 is 11.6 Å². The summed E-state index contributed by atoms with van der Waals surface area (Å²) in [6.07, 6.45) is 4.79. The van der Waals surface area contributed by atoms with Gasteiger partial charge in [0.15, 0.2) is 0 Å². The first-order valence-corrected chi connectivity index (χ1v) is 10.7. The van der Waals surface area contributed by atoms with E-state index < -0.39 is 11.1 Å². The van der Waals surface area contributed by atoms with Crippen LogP contribution in [-0.2, 0) is 15.1 Å². The van der Waals surface area contributed by atoms with Crippen LogP contribution in [0.3, 0.4) is 0 Å². The summed E-state index contributed by atoms with van der Waals surface area (Å²) in [6, 6.07) is 0.0265. The average Bonchev–Trinajstić information content (AvgIpc) is 3.04. The minimum Gasteiger partial charge on any atom is -0.444 e. The standard InChI is InChI=1S/C21H35ClN4O3/c1-15(2)25(19(28)29-20(3,4)5)13-16-9-8-10-24(12-16)18(27)21(6,7)26-14-17(22)11-23-26/h11,14-16H,8-10,12-13H2,1-7H3. The van der Waals surface area contributed by atoms with E-state index in [9.17, 15) is 9.59 Å². The van der Waals surface area contributed by atoms with Crippen LogP contribution in [0.4, 0.5) is 4.79 Å². The van der Waals surface area contributed by atoms with Crippen molar-refractivity contribution in [2.45, 2.75) is 78.5 Å². The van der Waals surface area contributed by atoms with Crippen LogP contribution in [0.25, 0.3) is 0 Å². The molecule has 0 saturated carbocycles. The van der Waals surface area contributed by atoms with Gasteiger partial charge in [-0.3, -0.25) is 9.48 Å². The van der Waals surface area contributed by atoms with Crippen LogP contribution in [0.5, 0.6) is 0 Å². The minimum absolute atomic E-state index is 0.00957. The second-order valence-electron chi connectivity index (χ2n) is 9.65. The molecular weight excluding hydrogens is 392 g/mol. The van der Waals surface area contributed by atoms with Gasteiger partial charge in [0, 0.05) is 31.9 Å². The normalized spacial score (nSPS) is 18.1. The summed E-state index contributed by atoms with van der Waals surface area (Å²) in [5.74, 6) is 0.218. The van der Waals surface area contributed by atoms with E-state index in [0.717, 1.165) is 12.8 Å². The van der Waals surface area contributed by atoms with Crippen LogP contribution in [0, 0.1) is 5.92 Å². The SMILES string of the molecule is CC(C)N(CC1CCCN(C(=O)C(C)(C)n2cc(Cl)cn2)C1)C(=O)OC(C)(C)C. The van der Waals surface area contributed by atoms with E-state index in [4.69, 9.17) is 16.3 Å². The van der Waals surface area contributed by atoms with Crippen molar-refractivity contribution in [1.82, 2.24) is 19.6 Å². The lowest BCUT2D eigenvalue weighted by Crippen LogP contribution is -2.52. The summed E-state index contributed by atoms with van der Waals surface area (Å²) in [7, 11) is 0. The van der Waals surface area contributed by atoms with Gasteiger partial charge in [0.05, 0.1) is 11.2 Å². The van der Waals surface area contributed by atoms with Crippen molar-refractivity contribution >= 4 is 23.6 Å². The quantitative estimate of drug-likeness (QED) is 0.709. The van der Waals surface area contributed by atoms with Crippen molar-refractivity contribution in [3.63, 3.8) is 0 Å². The lowest BCUT2D eigenvalue weighted by Gasteiger charge is -2.40. The first-order valence-electron chi connectivity index (χ1n) is 10.3. The Labute approximate surface area is 179 Å². The topological polar surface area (TPSA) is 67.7 Å². The minimum atomic E-state index is -0.821. The van der Waals surface area contributed by atoms with Crippen molar-refractivity contribution in [2.24, 2.45) is 5.92 Å². The lowest BCUT2D eigenvalue weighted by molar-refractivity contribution is -0.141. The molecule has 164 valence electrons. The van der Waals surface area contributed by atoms with Gasteiger partial charge in [-0.1, -0.05) is 11.6 Å². The Morgan fingerprint density at radius 2 is 1.97 bits per heavy atom. The zero-order valence-electron chi connectivity index (χ0n) is 18.7. The molecule has 0 radical (unpaired) electrons. The number of halogens is 1. The number of aromatic nitrogens is 2. The smallest absolute Gasteiger partial charge is 0.410 e. The van der Waals surface area contributed by atoms with E-state index in [0.29, 0.717) is 24.7 Å². The molecule has 1 fully saturated rings. The number of carbonyl (C=O) groups excluding carboxylic acids is 2. The Morgan fingerprint density at radius 3 is 2.48 bits per heavy atom. The molecule has 2 rings (SSSR count). The first kappa shape index (κ1) is 23.5. The molecule has 29 heavy (non-hydrogen) atoms. The summed E-state index contributed by atoms with van der Waals surface area (Å²) in [4.78, 5) is 29.5. The molecule has 1 aliphatic heterocycles. The molecule has 1 aliphatic rings. The molecule has 2 heterocycles. The molecule has 0 aromatic carbocycles. The molecule has 1 aromatic rings. The zero-order chi connectivity index (χ0) is 22.0. The van der Waals surface area contributed by atoms with E-state index in [-0.39, 0.29) is 24.0 Å². The highest BCUT2D eigenvalue weighted by Crippen LogP contribution is 2.26. The van der Waals surface area contributed by atoms with Gasteiger partial charge in [-0.25, -0.2) is 4.79 Å². The largest absolute Gasteiger partial charge is 0.444 e. The molecular formula is C21H35ClN4O3. The van der Waals surface area contributed by atoms with Crippen molar-refractivity contribution in [1.29, 1.82) is 0 Å². The fourth-order valence-electron chi connectivity index (χ4n) is 3.58. The second-order valence-corrected chi connectivity index (χ2v) is 10.1. The maximum absolute atomic E-state index is 13.2. The Bertz CT molecular complexity index is 724. The molecule has 0 bridgehead atoms. The van der Waals surface area contributed by atoms with Crippen molar-refractivity contribution in [3.05, 3.63) is 17.4 Å². The number of ether oxygens (including phenoxy) is 1. The van der Waals surface area contributed by atoms with Gasteiger partial charge >= 0.3 is 6.09 Å². The molecule has 8 heteroatoms. The second kappa shape index (κ2) is 8.94. The Hall–Kier alpha value is -1.76. The number of hydrogen-bond donors (Lipinski definition) is 0. The summed E-state index contributed by atoms with van der Waals surface area (Å²) < 4.78 is 7.19. The summed E-state index contributed by atoms with van der Waals surface area (Å²) in [6.45, 7) is 15.2. The number of hydrogen-bond acceptors (Lipinski definition) is 4. The van der Waals surface area contributed by atoms with E-state index in [1.165, 1.54) is 6.20 Å². The van der Waals surface area contributed by atoms with E-state index in [2.05, 4.69) is 5.10 Å². The van der Waals surface area contributed by atoms with Gasteiger partial charge < -0.3 is 14.5 Å². The average molecular weight is 427 g/mol. The van der Waals surface area contributed by atoms with E-state index >= 15 is 0 Å². The Balaban J connectivity index is 2.07. The van der Waals surface area contributed by atoms with E-state index in [1.54, 1.807) is 15.8 Å². The highest BCUT2D eigenvalue weighted by atomic mass is 35.5. The predicted octanol–water partition coefficient (Wildman–Crippen LogP) is 4.16. The molecule has 1 saturated heterocycles. The lowest BCUT2D eigenvalue weighted by atomic mass is 9.94. The molecule has 1 atom stereocenters. The van der Waals surface area contributed by atoms with Crippen LogP contribution in [-0.4, -0.2) is 62.9 Å². The molecule has 1 aromatic heterocycles. The number of nitrogens with zero attached hydrogens (tertiary/aromatic N) is 4. The molecule has 0 spiro atoms. The summed E-state index contributed by atoms with van der Waals surface area (Å²) in [5.41, 5.74) is -1.36. The van der Waals surface area contributed by atoms with Crippen molar-refractivity contribution < 1.29 is 14.3 Å². The van der Waals surface area contributed by atoms with Gasteiger partial charge in [0.1, 0.15) is 11.1 Å². The third-order valence-electron chi connectivity index (χ3n) is 5.16. The Kier molecular flexibility index (Phi) is 7.25. The van der Waals surface area contributed by atoms with E-state index in [1.807, 2.05) is 53.4 Å². The maximum atomic E-state index is 13.2. The summed E-state index contributed by atoms with van der Waals surface area (Å²) in [5, 5.41) is 4.73. The molecule has 0 aliphatic carbocycles. The number of piperidine rings is 1. The third-order valence-corrected chi connectivity index (χ3v) is 5.35. The number of likely N-dealkylation sites (tertiary alicyclic amines) is 1. The monoisotopic (exact) mass is 426 g/mol. The highest BCUT2D eigenvalue weighted by molar-refractivity contribution is 6.30. The Morgan fingerprint density at radius 1 is 1.31 bits per heavy atom. The third kappa shape index (κ3) is 6.11. The van der Waals surface area contributed by atoms with Gasteiger partial charge in [-0.2, -0.15) is 5.10 Å². The van der Waals surface area contributed by atoms with Crippen LogP contribution in [0.1, 0.15) is 61.3 Å². The molecule has 1 unspecified atom stereocenters. The predicted molar refractivity (Wildman–Crippen MR) is 114 cm³/mol. The first-order chi connectivity index (χ1) is 13.3. The van der Waals surface area contributed by atoms with Gasteiger partial charge in [-0.05, 0) is 67.2 Å². The van der Waals surface area contributed by atoms with Crippen molar-refractivity contribution in [2.75, 3.05) is 19.6 Å². The van der Waals surface area contributed by atoms with Crippen LogP contribution in [0.2, 0.25) is 5.02 Å². The fourth-order valence-corrected chi connectivity index (χ4v) is 3.72. The number of amides is 2. The number of rotatable bonds is 5. The van der Waals surface area contributed by atoms with Crippen molar-refractivity contribution in [3.8, 4) is 0 Å². The molecule has 2 amide bonds. The summed E-state index contributed by atoms with van der Waals surface area (Å²) >= 11 is 5.98. The van der Waals surface area contributed by atoms with Gasteiger partial charge in [0.2, 0.25) is 5.91 Å². The maximum Gasteiger partial charge on any atom is 0.410 e. The zero-order valence-corrected chi connectivity index (χ0v) is 19.5. The van der Waals surface area contributed by atoms with Gasteiger partial charge in [0.25, 0.3) is 0 Å². The highest BCUT2D eigenvalue weighted by Gasteiger charge is 2.37. The van der Waals surface area contributed by atoms with Crippen LogP contribution < -0.4 is 0 Å². The van der Waals surface area contributed by atoms with Crippen LogP contribution in [0.15, 0.2) is 12.4 Å². The molecule has 0 N–H and O–H groups in total. The fraction of sp³-hybridized carbons (Fsp3) is 0.762.